The topological polar surface area (TPSA) is 89.7 Å². The summed E-state index contributed by atoms with van der Waals surface area (Å²) in [6.07, 6.45) is 2.19. The van der Waals surface area contributed by atoms with Gasteiger partial charge in [0.1, 0.15) is 0 Å². The van der Waals surface area contributed by atoms with Crippen molar-refractivity contribution in [3.8, 4) is 0 Å². The molecule has 0 saturated carbocycles. The molecule has 0 aromatic rings. The van der Waals surface area contributed by atoms with Crippen molar-refractivity contribution in [2.75, 3.05) is 19.4 Å². The van der Waals surface area contributed by atoms with E-state index in [0.717, 1.165) is 12.8 Å². The minimum absolute atomic E-state index is 0.153. The summed E-state index contributed by atoms with van der Waals surface area (Å²) in [5.74, 6) is -0.804. The molecule has 104 valence electrons. The van der Waals surface area contributed by atoms with Crippen LogP contribution >= 0.6 is 12.2 Å². The molecule has 0 radical (unpaired) electrons. The third kappa shape index (κ3) is 3.89. The van der Waals surface area contributed by atoms with Gasteiger partial charge in [0.15, 0.2) is 0 Å². The number of thiocarbonyl (C=S) groups is 1. The van der Waals surface area contributed by atoms with Crippen LogP contribution in [-0.2, 0) is 19.6 Å². The SMILES string of the molecule is COC(=O)CCS(=O)(=O)N1CCCCC1C(N)=S. The van der Waals surface area contributed by atoms with Gasteiger partial charge in [0.25, 0.3) is 0 Å². The Morgan fingerprint density at radius 2 is 2.17 bits per heavy atom. The molecule has 1 aliphatic heterocycles. The zero-order valence-corrected chi connectivity index (χ0v) is 11.9. The monoisotopic (exact) mass is 294 g/mol. The van der Waals surface area contributed by atoms with Crippen molar-refractivity contribution < 1.29 is 17.9 Å². The van der Waals surface area contributed by atoms with E-state index in [4.69, 9.17) is 18.0 Å². The van der Waals surface area contributed by atoms with Crippen molar-refractivity contribution in [3.63, 3.8) is 0 Å². The molecule has 18 heavy (non-hydrogen) atoms. The van der Waals surface area contributed by atoms with Crippen LogP contribution < -0.4 is 5.73 Å². The van der Waals surface area contributed by atoms with Crippen LogP contribution in [-0.4, -0.2) is 49.1 Å². The van der Waals surface area contributed by atoms with Crippen LogP contribution in [0.25, 0.3) is 0 Å². The number of piperidine rings is 1. The highest BCUT2D eigenvalue weighted by Gasteiger charge is 2.33. The predicted octanol–water partition coefficient (Wildman–Crippen LogP) is 0.0199. The molecule has 1 atom stereocenters. The summed E-state index contributed by atoms with van der Waals surface area (Å²) in [6.45, 7) is 0.408. The lowest BCUT2D eigenvalue weighted by atomic mass is 10.1. The minimum Gasteiger partial charge on any atom is -0.469 e. The first-order valence-corrected chi connectivity index (χ1v) is 7.76. The van der Waals surface area contributed by atoms with Crippen LogP contribution in [0.15, 0.2) is 0 Å². The summed E-state index contributed by atoms with van der Waals surface area (Å²) in [5, 5.41) is 0. The fourth-order valence-corrected chi connectivity index (χ4v) is 3.94. The van der Waals surface area contributed by atoms with Crippen LogP contribution in [0.2, 0.25) is 0 Å². The molecule has 1 rings (SSSR count). The Morgan fingerprint density at radius 3 is 2.72 bits per heavy atom. The van der Waals surface area contributed by atoms with Crippen LogP contribution in [0.1, 0.15) is 25.7 Å². The number of carbonyl (C=O) groups is 1. The molecule has 1 saturated heterocycles. The summed E-state index contributed by atoms with van der Waals surface area (Å²) >= 11 is 4.90. The maximum absolute atomic E-state index is 12.1. The Balaban J connectivity index is 2.75. The molecule has 0 amide bonds. The Morgan fingerprint density at radius 1 is 1.50 bits per heavy atom. The highest BCUT2D eigenvalue weighted by molar-refractivity contribution is 7.89. The number of hydrogen-bond donors (Lipinski definition) is 1. The van der Waals surface area contributed by atoms with Crippen molar-refractivity contribution in [3.05, 3.63) is 0 Å². The van der Waals surface area contributed by atoms with Crippen molar-refractivity contribution >= 4 is 33.2 Å². The molecule has 2 N–H and O–H groups in total. The van der Waals surface area contributed by atoms with E-state index in [2.05, 4.69) is 4.74 Å². The second-order valence-electron chi connectivity index (χ2n) is 4.17. The highest BCUT2D eigenvalue weighted by atomic mass is 32.2. The number of esters is 1. The molecule has 1 aliphatic rings. The first kappa shape index (κ1) is 15.3. The van der Waals surface area contributed by atoms with Crippen molar-refractivity contribution in [1.82, 2.24) is 4.31 Å². The second-order valence-corrected chi connectivity index (χ2v) is 6.68. The Kier molecular flexibility index (Phi) is 5.48. The highest BCUT2D eigenvalue weighted by Crippen LogP contribution is 2.21. The first-order chi connectivity index (χ1) is 8.38. The van der Waals surface area contributed by atoms with Gasteiger partial charge in [0.05, 0.1) is 30.3 Å². The van der Waals surface area contributed by atoms with Gasteiger partial charge in [-0.15, -0.1) is 0 Å². The minimum atomic E-state index is -3.52. The van der Waals surface area contributed by atoms with Gasteiger partial charge in [-0.05, 0) is 12.8 Å². The van der Waals surface area contributed by atoms with E-state index >= 15 is 0 Å². The van der Waals surface area contributed by atoms with E-state index in [1.165, 1.54) is 11.4 Å². The summed E-state index contributed by atoms with van der Waals surface area (Å²) < 4.78 is 30.0. The normalized spacial score (nSPS) is 21.5. The lowest BCUT2D eigenvalue weighted by Crippen LogP contribution is -2.50. The molecule has 6 nitrogen and oxygen atoms in total. The quantitative estimate of drug-likeness (QED) is 0.568. The molecule has 8 heteroatoms. The number of hydrogen-bond acceptors (Lipinski definition) is 5. The Bertz CT molecular complexity index is 422. The van der Waals surface area contributed by atoms with E-state index in [1.54, 1.807) is 0 Å². The molecular formula is C10H18N2O4S2. The van der Waals surface area contributed by atoms with Gasteiger partial charge in [0, 0.05) is 6.54 Å². The molecule has 1 unspecified atom stereocenters. The van der Waals surface area contributed by atoms with Crippen LogP contribution in [0.5, 0.6) is 0 Å². The van der Waals surface area contributed by atoms with Gasteiger partial charge in [-0.3, -0.25) is 4.79 Å². The van der Waals surface area contributed by atoms with E-state index in [0.29, 0.717) is 13.0 Å². The summed E-state index contributed by atoms with van der Waals surface area (Å²) in [6, 6.07) is -0.420. The average Bonchev–Trinajstić information content (AvgIpc) is 2.36. The molecule has 0 aromatic heterocycles. The van der Waals surface area contributed by atoms with Gasteiger partial charge in [0.2, 0.25) is 10.0 Å². The second kappa shape index (κ2) is 6.44. The van der Waals surface area contributed by atoms with E-state index in [-0.39, 0.29) is 17.2 Å². The number of carbonyl (C=O) groups excluding carboxylic acids is 1. The molecule has 0 aliphatic carbocycles. The number of ether oxygens (including phenoxy) is 1. The third-order valence-corrected chi connectivity index (χ3v) is 5.07. The smallest absolute Gasteiger partial charge is 0.306 e. The Labute approximate surface area is 113 Å². The lowest BCUT2D eigenvalue weighted by Gasteiger charge is -2.33. The third-order valence-electron chi connectivity index (χ3n) is 2.93. The van der Waals surface area contributed by atoms with Crippen molar-refractivity contribution in [2.45, 2.75) is 31.7 Å². The first-order valence-electron chi connectivity index (χ1n) is 5.74. The lowest BCUT2D eigenvalue weighted by molar-refractivity contribution is -0.140. The number of nitrogens with zero attached hydrogens (tertiary/aromatic N) is 1. The van der Waals surface area contributed by atoms with Gasteiger partial charge < -0.3 is 10.5 Å². The zero-order chi connectivity index (χ0) is 13.8. The largest absolute Gasteiger partial charge is 0.469 e. The summed E-state index contributed by atoms with van der Waals surface area (Å²) in [4.78, 5) is 11.2. The van der Waals surface area contributed by atoms with Gasteiger partial charge in [-0.2, -0.15) is 4.31 Å². The number of rotatable bonds is 5. The summed E-state index contributed by atoms with van der Waals surface area (Å²) in [5.41, 5.74) is 5.57. The van der Waals surface area contributed by atoms with Crippen LogP contribution in [0.3, 0.4) is 0 Å². The molecule has 1 fully saturated rings. The molecule has 1 heterocycles. The fourth-order valence-electron chi connectivity index (χ4n) is 1.95. The van der Waals surface area contributed by atoms with E-state index in [1.807, 2.05) is 0 Å². The van der Waals surface area contributed by atoms with Gasteiger partial charge in [-0.1, -0.05) is 18.6 Å². The standard InChI is InChI=1S/C10H18N2O4S2/c1-16-9(13)5-7-18(14,15)12-6-3-2-4-8(12)10(11)17/h8H,2-7H2,1H3,(H2,11,17). The van der Waals surface area contributed by atoms with Crippen molar-refractivity contribution in [2.24, 2.45) is 5.73 Å². The zero-order valence-electron chi connectivity index (χ0n) is 10.3. The van der Waals surface area contributed by atoms with Crippen molar-refractivity contribution in [1.29, 1.82) is 0 Å². The van der Waals surface area contributed by atoms with E-state index in [9.17, 15) is 13.2 Å². The molecule has 0 bridgehead atoms. The average molecular weight is 294 g/mol. The summed E-state index contributed by atoms with van der Waals surface area (Å²) in [7, 11) is -2.29. The molecular weight excluding hydrogens is 276 g/mol. The van der Waals surface area contributed by atoms with Gasteiger partial charge >= 0.3 is 5.97 Å². The maximum atomic E-state index is 12.1. The van der Waals surface area contributed by atoms with Crippen LogP contribution in [0, 0.1) is 0 Å². The predicted molar refractivity (Wildman–Crippen MR) is 71.6 cm³/mol. The molecule has 0 aromatic carbocycles. The number of sulfonamides is 1. The fraction of sp³-hybridized carbons (Fsp3) is 0.800. The Hall–Kier alpha value is -0.730. The van der Waals surface area contributed by atoms with Gasteiger partial charge in [-0.25, -0.2) is 8.42 Å². The molecule has 0 spiro atoms. The van der Waals surface area contributed by atoms with E-state index < -0.39 is 22.0 Å². The number of methoxy groups -OCH3 is 1. The number of nitrogens with two attached hydrogens (primary N) is 1. The van der Waals surface area contributed by atoms with Crippen LogP contribution in [0.4, 0.5) is 0 Å². The maximum Gasteiger partial charge on any atom is 0.306 e.